The molecule has 1 aromatic carbocycles. The standard InChI is InChI=1S/C8H17N3.C8H10O.CH2O/c1-6(10-3)8(5-9)7(2)11-4;1-7-3-5-8(9-2)6-4-7;1-2/h10H,5,9H2,1-4H3;3-6H,1-2H3;1H2/b8-6-,11-7?;;. The Bertz CT molecular complexity index is 465. The van der Waals surface area contributed by atoms with Crippen LogP contribution in [0.5, 0.6) is 5.75 Å². The number of hydrogen-bond donors (Lipinski definition) is 2. The van der Waals surface area contributed by atoms with Gasteiger partial charge >= 0.3 is 0 Å². The smallest absolute Gasteiger partial charge is 0.118 e. The third kappa shape index (κ3) is 8.92. The molecule has 0 unspecified atom stereocenters. The van der Waals surface area contributed by atoms with E-state index in [1.807, 2.05) is 51.9 Å². The van der Waals surface area contributed by atoms with Crippen LogP contribution in [0.15, 0.2) is 40.5 Å². The first-order valence-electron chi connectivity index (χ1n) is 6.91. The zero-order valence-electron chi connectivity index (χ0n) is 14.6. The van der Waals surface area contributed by atoms with Gasteiger partial charge in [-0.05, 0) is 32.9 Å². The molecule has 0 heterocycles. The van der Waals surface area contributed by atoms with Gasteiger partial charge in [0.1, 0.15) is 12.5 Å². The maximum atomic E-state index is 8.00. The summed E-state index contributed by atoms with van der Waals surface area (Å²) in [6.45, 7) is 8.55. The van der Waals surface area contributed by atoms with E-state index in [0.717, 1.165) is 22.7 Å². The van der Waals surface area contributed by atoms with E-state index in [-0.39, 0.29) is 0 Å². The molecule has 0 aliphatic heterocycles. The fraction of sp³-hybridized carbons (Fsp3) is 0.412. The number of ether oxygens (including phenoxy) is 1. The molecule has 5 nitrogen and oxygen atoms in total. The third-order valence-electron chi connectivity index (χ3n) is 3.06. The van der Waals surface area contributed by atoms with E-state index in [1.54, 1.807) is 14.2 Å². The highest BCUT2D eigenvalue weighted by Crippen LogP contribution is 2.09. The summed E-state index contributed by atoms with van der Waals surface area (Å²) in [6, 6.07) is 7.96. The number of nitrogens with two attached hydrogens (primary N) is 1. The average molecular weight is 307 g/mol. The highest BCUT2D eigenvalue weighted by molar-refractivity contribution is 5.99. The van der Waals surface area contributed by atoms with Gasteiger partial charge in [-0.3, -0.25) is 4.99 Å². The molecule has 5 heteroatoms. The Balaban J connectivity index is 0. The van der Waals surface area contributed by atoms with Crippen LogP contribution >= 0.6 is 0 Å². The van der Waals surface area contributed by atoms with Crippen LogP contribution in [0.3, 0.4) is 0 Å². The van der Waals surface area contributed by atoms with Crippen LogP contribution in [-0.4, -0.2) is 40.3 Å². The first kappa shape index (κ1) is 22.1. The molecule has 22 heavy (non-hydrogen) atoms. The normalized spacial score (nSPS) is 11.1. The van der Waals surface area contributed by atoms with Crippen molar-refractivity contribution in [1.29, 1.82) is 0 Å². The topological polar surface area (TPSA) is 76.7 Å². The molecule has 3 N–H and O–H groups in total. The van der Waals surface area contributed by atoms with Gasteiger partial charge in [-0.2, -0.15) is 0 Å². The molecule has 1 rings (SSSR count). The number of rotatable bonds is 4. The van der Waals surface area contributed by atoms with Crippen molar-refractivity contribution in [2.24, 2.45) is 10.7 Å². The molecule has 0 saturated heterocycles. The zero-order chi connectivity index (χ0) is 17.5. The Morgan fingerprint density at radius 2 is 1.77 bits per heavy atom. The largest absolute Gasteiger partial charge is 0.497 e. The van der Waals surface area contributed by atoms with E-state index in [9.17, 15) is 0 Å². The molecular formula is C17H29N3O2. The van der Waals surface area contributed by atoms with Crippen LogP contribution in [-0.2, 0) is 4.79 Å². The molecule has 124 valence electrons. The van der Waals surface area contributed by atoms with E-state index in [2.05, 4.69) is 17.2 Å². The third-order valence-corrected chi connectivity index (χ3v) is 3.06. The summed E-state index contributed by atoms with van der Waals surface area (Å²) in [5, 5.41) is 3.05. The van der Waals surface area contributed by atoms with E-state index in [0.29, 0.717) is 6.54 Å². The first-order valence-corrected chi connectivity index (χ1v) is 6.91. The number of allylic oxidation sites excluding steroid dienone is 1. The summed E-state index contributed by atoms with van der Waals surface area (Å²) < 4.78 is 4.97. The Hall–Kier alpha value is -2.14. The maximum absolute atomic E-state index is 8.00. The van der Waals surface area contributed by atoms with Gasteiger partial charge in [0.15, 0.2) is 0 Å². The Kier molecular flexibility index (Phi) is 13.9. The number of hydrogen-bond acceptors (Lipinski definition) is 5. The SMILES string of the molecule is C=O.CN=C(C)/C(CN)=C(/C)NC.COc1ccc(C)cc1. The van der Waals surface area contributed by atoms with Gasteiger partial charge in [-0.1, -0.05) is 17.7 Å². The van der Waals surface area contributed by atoms with Crippen molar-refractivity contribution >= 4 is 12.5 Å². The summed E-state index contributed by atoms with van der Waals surface area (Å²) in [4.78, 5) is 12.1. The predicted molar refractivity (Wildman–Crippen MR) is 94.7 cm³/mol. The van der Waals surface area contributed by atoms with Crippen molar-refractivity contribution in [1.82, 2.24) is 5.32 Å². The average Bonchev–Trinajstić information content (AvgIpc) is 2.58. The molecular weight excluding hydrogens is 278 g/mol. The van der Waals surface area contributed by atoms with Crippen molar-refractivity contribution in [3.8, 4) is 5.75 Å². The fourth-order valence-corrected chi connectivity index (χ4v) is 1.53. The van der Waals surface area contributed by atoms with Crippen LogP contribution in [0.25, 0.3) is 0 Å². The van der Waals surface area contributed by atoms with Crippen LogP contribution in [0.4, 0.5) is 0 Å². The predicted octanol–water partition coefficient (Wildman–Crippen LogP) is 2.35. The minimum atomic E-state index is 0.538. The fourth-order valence-electron chi connectivity index (χ4n) is 1.53. The number of benzene rings is 1. The Morgan fingerprint density at radius 1 is 1.27 bits per heavy atom. The lowest BCUT2D eigenvalue weighted by Crippen LogP contribution is -2.17. The van der Waals surface area contributed by atoms with Gasteiger partial charge in [0.25, 0.3) is 0 Å². The molecule has 0 aliphatic rings. The zero-order valence-corrected chi connectivity index (χ0v) is 14.6. The van der Waals surface area contributed by atoms with Crippen molar-refractivity contribution in [3.05, 3.63) is 41.1 Å². The highest BCUT2D eigenvalue weighted by Gasteiger charge is 2.01. The molecule has 0 saturated carbocycles. The second-order valence-corrected chi connectivity index (χ2v) is 4.38. The molecule has 0 atom stereocenters. The minimum Gasteiger partial charge on any atom is -0.497 e. The number of carbonyl (C=O) groups excluding carboxylic acids is 1. The van der Waals surface area contributed by atoms with Crippen LogP contribution in [0.2, 0.25) is 0 Å². The summed E-state index contributed by atoms with van der Waals surface area (Å²) in [5.41, 5.74) is 9.99. The Morgan fingerprint density at radius 3 is 2.09 bits per heavy atom. The van der Waals surface area contributed by atoms with Gasteiger partial charge < -0.3 is 20.6 Å². The molecule has 0 amide bonds. The molecule has 0 radical (unpaired) electrons. The monoisotopic (exact) mass is 307 g/mol. The van der Waals surface area contributed by atoms with Crippen LogP contribution < -0.4 is 15.8 Å². The van der Waals surface area contributed by atoms with Crippen LogP contribution in [0, 0.1) is 6.92 Å². The number of nitrogens with zero attached hydrogens (tertiary/aromatic N) is 1. The lowest BCUT2D eigenvalue weighted by Gasteiger charge is -2.08. The van der Waals surface area contributed by atoms with Gasteiger partial charge in [-0.15, -0.1) is 0 Å². The lowest BCUT2D eigenvalue weighted by molar-refractivity contribution is -0.0979. The van der Waals surface area contributed by atoms with E-state index in [1.165, 1.54) is 5.56 Å². The van der Waals surface area contributed by atoms with Crippen LogP contribution in [0.1, 0.15) is 19.4 Å². The summed E-state index contributed by atoms with van der Waals surface area (Å²) >= 11 is 0. The molecule has 0 spiro atoms. The summed E-state index contributed by atoms with van der Waals surface area (Å²) in [5.74, 6) is 0.917. The lowest BCUT2D eigenvalue weighted by atomic mass is 10.1. The highest BCUT2D eigenvalue weighted by atomic mass is 16.5. The van der Waals surface area contributed by atoms with E-state index in [4.69, 9.17) is 15.3 Å². The summed E-state index contributed by atoms with van der Waals surface area (Å²) in [6.07, 6.45) is 0. The minimum absolute atomic E-state index is 0.538. The molecule has 0 fully saturated rings. The number of aliphatic imine (C=N–C) groups is 1. The van der Waals surface area contributed by atoms with Crippen molar-refractivity contribution < 1.29 is 9.53 Å². The number of carbonyl (C=O) groups is 1. The van der Waals surface area contributed by atoms with Gasteiger partial charge in [0.2, 0.25) is 0 Å². The number of methoxy groups -OCH3 is 1. The molecule has 0 aromatic heterocycles. The number of aryl methyl sites for hydroxylation is 1. The van der Waals surface area contributed by atoms with E-state index < -0.39 is 0 Å². The Labute approximate surface area is 134 Å². The maximum Gasteiger partial charge on any atom is 0.118 e. The second kappa shape index (κ2) is 13.8. The second-order valence-electron chi connectivity index (χ2n) is 4.38. The van der Waals surface area contributed by atoms with Crippen molar-refractivity contribution in [2.45, 2.75) is 20.8 Å². The molecule has 0 bridgehead atoms. The molecule has 1 aromatic rings. The van der Waals surface area contributed by atoms with Gasteiger partial charge in [0, 0.05) is 37.6 Å². The molecule has 0 aliphatic carbocycles. The number of nitrogens with one attached hydrogen (secondary N) is 1. The van der Waals surface area contributed by atoms with E-state index >= 15 is 0 Å². The van der Waals surface area contributed by atoms with Gasteiger partial charge in [-0.25, -0.2) is 0 Å². The summed E-state index contributed by atoms with van der Waals surface area (Å²) in [7, 11) is 5.33. The quantitative estimate of drug-likeness (QED) is 0.837. The van der Waals surface area contributed by atoms with Crippen molar-refractivity contribution in [3.63, 3.8) is 0 Å². The first-order chi connectivity index (χ1) is 10.5. The van der Waals surface area contributed by atoms with Gasteiger partial charge in [0.05, 0.1) is 7.11 Å². The van der Waals surface area contributed by atoms with Crippen molar-refractivity contribution in [2.75, 3.05) is 27.7 Å².